The lowest BCUT2D eigenvalue weighted by Crippen LogP contribution is -2.40. The highest BCUT2D eigenvalue weighted by molar-refractivity contribution is 5.82. The van der Waals surface area contributed by atoms with Crippen LogP contribution >= 0.6 is 0 Å². The summed E-state index contributed by atoms with van der Waals surface area (Å²) in [5.74, 6) is 1.91. The van der Waals surface area contributed by atoms with Crippen molar-refractivity contribution in [2.45, 2.75) is 25.0 Å². The van der Waals surface area contributed by atoms with Gasteiger partial charge < -0.3 is 30.0 Å². The molecule has 0 spiro atoms. The summed E-state index contributed by atoms with van der Waals surface area (Å²) in [4.78, 5) is 11.8. The number of carbonyl (C=O) groups is 1. The summed E-state index contributed by atoms with van der Waals surface area (Å²) in [7, 11) is 3.17. The molecule has 1 aliphatic heterocycles. The van der Waals surface area contributed by atoms with Crippen molar-refractivity contribution in [3.63, 3.8) is 0 Å². The van der Waals surface area contributed by atoms with Gasteiger partial charge in [0.25, 0.3) is 0 Å². The number of aliphatic hydroxyl groups excluding tert-OH is 1. The molecule has 1 saturated heterocycles. The third kappa shape index (κ3) is 5.30. The number of nitrogens with one attached hydrogen (secondary N) is 2. The Morgan fingerprint density at radius 2 is 1.91 bits per heavy atom. The van der Waals surface area contributed by atoms with Crippen LogP contribution in [0.5, 0.6) is 17.2 Å². The highest BCUT2D eigenvalue weighted by atomic mass is 16.5. The van der Waals surface area contributed by atoms with Crippen molar-refractivity contribution < 1.29 is 24.1 Å². The maximum Gasteiger partial charge on any atom is 0.237 e. The molecule has 1 aromatic carbocycles. The smallest absolute Gasteiger partial charge is 0.237 e. The van der Waals surface area contributed by atoms with Crippen LogP contribution in [0.3, 0.4) is 0 Å². The quantitative estimate of drug-likeness (QED) is 0.597. The Bertz CT molecular complexity index is 501. The topological polar surface area (TPSA) is 89.0 Å². The minimum Gasteiger partial charge on any atom is -0.496 e. The molecule has 0 bridgehead atoms. The maximum atomic E-state index is 11.8. The van der Waals surface area contributed by atoms with Crippen molar-refractivity contribution in [1.82, 2.24) is 10.6 Å². The standard InChI is InChI=1S/C16H24N2O5/c1-21-12-7-13(22-2)9-14(8-12)23-5-3-4-17-16(20)15-6-11(19)10-18-15/h7-9,11,15,18-19H,3-6,10H2,1-2H3,(H,17,20). The van der Waals surface area contributed by atoms with E-state index >= 15 is 0 Å². The average molecular weight is 324 g/mol. The Morgan fingerprint density at radius 1 is 1.26 bits per heavy atom. The highest BCUT2D eigenvalue weighted by Gasteiger charge is 2.27. The number of hydrogen-bond donors (Lipinski definition) is 3. The minimum absolute atomic E-state index is 0.0791. The Balaban J connectivity index is 1.68. The van der Waals surface area contributed by atoms with Gasteiger partial charge in [-0.15, -0.1) is 0 Å². The SMILES string of the molecule is COc1cc(OC)cc(OCCCNC(=O)C2CC(O)CN2)c1. The van der Waals surface area contributed by atoms with Crippen molar-refractivity contribution in [1.29, 1.82) is 0 Å². The van der Waals surface area contributed by atoms with Crippen LogP contribution in [-0.2, 0) is 4.79 Å². The van der Waals surface area contributed by atoms with E-state index in [2.05, 4.69) is 10.6 Å². The Labute approximate surface area is 135 Å². The van der Waals surface area contributed by atoms with Crippen molar-refractivity contribution in [2.24, 2.45) is 0 Å². The second kappa shape index (κ2) is 8.59. The third-order valence-electron chi connectivity index (χ3n) is 3.64. The van der Waals surface area contributed by atoms with E-state index in [1.807, 2.05) is 0 Å². The van der Waals surface area contributed by atoms with E-state index in [0.29, 0.717) is 49.8 Å². The Morgan fingerprint density at radius 3 is 2.48 bits per heavy atom. The monoisotopic (exact) mass is 324 g/mol. The number of hydrogen-bond acceptors (Lipinski definition) is 6. The molecule has 0 aromatic heterocycles. The fraction of sp³-hybridized carbons (Fsp3) is 0.562. The molecule has 0 radical (unpaired) electrons. The summed E-state index contributed by atoms with van der Waals surface area (Å²) < 4.78 is 16.0. The average Bonchev–Trinajstić information content (AvgIpc) is 3.00. The fourth-order valence-corrected chi connectivity index (χ4v) is 2.38. The summed E-state index contributed by atoms with van der Waals surface area (Å²) in [6.45, 7) is 1.46. The predicted octanol–water partition coefficient (Wildman–Crippen LogP) is 0.312. The number of β-amino-alcohol motifs (C(OH)–C–C–N with tert-alkyl or cyclic N) is 1. The number of amides is 1. The summed E-state index contributed by atoms with van der Waals surface area (Å²) in [6.07, 6.45) is 0.712. The lowest BCUT2D eigenvalue weighted by atomic mass is 10.2. The lowest BCUT2D eigenvalue weighted by Gasteiger charge is -2.12. The van der Waals surface area contributed by atoms with Gasteiger partial charge in [0.15, 0.2) is 0 Å². The predicted molar refractivity (Wildman–Crippen MR) is 85.1 cm³/mol. The summed E-state index contributed by atoms with van der Waals surface area (Å²) in [5, 5.41) is 15.2. The van der Waals surface area contributed by atoms with Crippen LogP contribution in [0.2, 0.25) is 0 Å². The van der Waals surface area contributed by atoms with Crippen LogP contribution in [0, 0.1) is 0 Å². The molecule has 7 nitrogen and oxygen atoms in total. The Hall–Kier alpha value is -1.99. The van der Waals surface area contributed by atoms with Crippen LogP contribution in [0.15, 0.2) is 18.2 Å². The van der Waals surface area contributed by atoms with Gasteiger partial charge in [-0.1, -0.05) is 0 Å². The molecule has 0 aliphatic carbocycles. The molecule has 1 heterocycles. The van der Waals surface area contributed by atoms with Crippen molar-refractivity contribution >= 4 is 5.91 Å². The second-order valence-electron chi connectivity index (χ2n) is 5.39. The van der Waals surface area contributed by atoms with Gasteiger partial charge in [-0.2, -0.15) is 0 Å². The van der Waals surface area contributed by atoms with Gasteiger partial charge in [0, 0.05) is 31.3 Å². The molecule has 0 saturated carbocycles. The number of carbonyl (C=O) groups excluding carboxylic acids is 1. The molecule has 1 aliphatic rings. The first-order valence-electron chi connectivity index (χ1n) is 7.67. The summed E-state index contributed by atoms with van der Waals surface area (Å²) in [5.41, 5.74) is 0. The third-order valence-corrected chi connectivity index (χ3v) is 3.64. The van der Waals surface area contributed by atoms with E-state index in [9.17, 15) is 9.90 Å². The maximum absolute atomic E-state index is 11.8. The zero-order valence-electron chi connectivity index (χ0n) is 13.5. The number of benzene rings is 1. The van der Waals surface area contributed by atoms with Crippen LogP contribution < -0.4 is 24.8 Å². The zero-order valence-corrected chi connectivity index (χ0v) is 13.5. The van der Waals surface area contributed by atoms with Gasteiger partial charge in [-0.3, -0.25) is 4.79 Å². The van der Waals surface area contributed by atoms with E-state index in [0.717, 1.165) is 0 Å². The van der Waals surface area contributed by atoms with Gasteiger partial charge in [0.1, 0.15) is 17.2 Å². The normalized spacial score (nSPS) is 20.1. The van der Waals surface area contributed by atoms with E-state index in [1.54, 1.807) is 32.4 Å². The molecule has 3 N–H and O–H groups in total. The molecule has 1 aromatic rings. The summed E-state index contributed by atoms with van der Waals surface area (Å²) >= 11 is 0. The van der Waals surface area contributed by atoms with E-state index in [-0.39, 0.29) is 11.9 Å². The van der Waals surface area contributed by atoms with Crippen molar-refractivity contribution in [3.05, 3.63) is 18.2 Å². The first-order valence-corrected chi connectivity index (χ1v) is 7.67. The Kier molecular flexibility index (Phi) is 6.49. The molecule has 23 heavy (non-hydrogen) atoms. The van der Waals surface area contributed by atoms with Crippen LogP contribution in [0.4, 0.5) is 0 Å². The molecule has 7 heteroatoms. The summed E-state index contributed by atoms with van der Waals surface area (Å²) in [6, 6.07) is 5.04. The molecule has 1 fully saturated rings. The van der Waals surface area contributed by atoms with E-state index in [1.165, 1.54) is 0 Å². The number of ether oxygens (including phenoxy) is 3. The van der Waals surface area contributed by atoms with Gasteiger partial charge in [-0.05, 0) is 12.8 Å². The van der Waals surface area contributed by atoms with Crippen LogP contribution in [-0.4, -0.2) is 57.1 Å². The number of aliphatic hydroxyl groups is 1. The largest absolute Gasteiger partial charge is 0.496 e. The van der Waals surface area contributed by atoms with Gasteiger partial charge in [0.2, 0.25) is 5.91 Å². The van der Waals surface area contributed by atoms with Crippen molar-refractivity contribution in [2.75, 3.05) is 33.9 Å². The van der Waals surface area contributed by atoms with Crippen LogP contribution in [0.1, 0.15) is 12.8 Å². The molecular formula is C16H24N2O5. The molecule has 2 atom stereocenters. The first kappa shape index (κ1) is 17.4. The molecule has 128 valence electrons. The molecule has 2 unspecified atom stereocenters. The molecule has 1 amide bonds. The fourth-order valence-electron chi connectivity index (χ4n) is 2.38. The van der Waals surface area contributed by atoms with Crippen molar-refractivity contribution in [3.8, 4) is 17.2 Å². The van der Waals surface area contributed by atoms with E-state index in [4.69, 9.17) is 14.2 Å². The first-order chi connectivity index (χ1) is 11.1. The second-order valence-corrected chi connectivity index (χ2v) is 5.39. The molecular weight excluding hydrogens is 300 g/mol. The minimum atomic E-state index is -0.433. The van der Waals surface area contributed by atoms with Gasteiger partial charge >= 0.3 is 0 Å². The van der Waals surface area contributed by atoms with Gasteiger partial charge in [0.05, 0.1) is 33.0 Å². The number of methoxy groups -OCH3 is 2. The zero-order chi connectivity index (χ0) is 16.7. The van der Waals surface area contributed by atoms with Gasteiger partial charge in [-0.25, -0.2) is 0 Å². The van der Waals surface area contributed by atoms with Crippen LogP contribution in [0.25, 0.3) is 0 Å². The highest BCUT2D eigenvalue weighted by Crippen LogP contribution is 2.27. The number of rotatable bonds is 8. The lowest BCUT2D eigenvalue weighted by molar-refractivity contribution is -0.122. The van der Waals surface area contributed by atoms with E-state index < -0.39 is 6.10 Å². The molecule has 2 rings (SSSR count).